The zero-order chi connectivity index (χ0) is 20.6. The van der Waals surface area contributed by atoms with Gasteiger partial charge < -0.3 is 14.2 Å². The van der Waals surface area contributed by atoms with Crippen molar-refractivity contribution in [2.45, 2.75) is 37.7 Å². The minimum absolute atomic E-state index is 0.394. The van der Waals surface area contributed by atoms with Gasteiger partial charge >= 0.3 is 5.97 Å². The fourth-order valence-electron chi connectivity index (χ4n) is 3.49. The molecule has 0 amide bonds. The summed E-state index contributed by atoms with van der Waals surface area (Å²) in [5.74, 6) is -0.297. The molecule has 0 spiro atoms. The smallest absolute Gasteiger partial charge is 0.330 e. The van der Waals surface area contributed by atoms with Crippen LogP contribution in [0.3, 0.4) is 0 Å². The van der Waals surface area contributed by atoms with Crippen molar-refractivity contribution >= 4 is 5.97 Å². The molecule has 2 saturated heterocycles. The topological polar surface area (TPSA) is 105 Å². The highest BCUT2D eigenvalue weighted by molar-refractivity contribution is 5.82. The van der Waals surface area contributed by atoms with Crippen LogP contribution in [-0.2, 0) is 25.7 Å². The molecule has 2 fully saturated rings. The number of nitrogens with zero attached hydrogens (tertiary/aromatic N) is 3. The quantitative estimate of drug-likeness (QED) is 0.373. The molecule has 0 saturated carbocycles. The van der Waals surface area contributed by atoms with Gasteiger partial charge in [-0.25, -0.2) is 4.79 Å². The first kappa shape index (κ1) is 20.8. The van der Waals surface area contributed by atoms with Crippen molar-refractivity contribution in [3.8, 4) is 17.9 Å². The van der Waals surface area contributed by atoms with Crippen LogP contribution in [0.1, 0.15) is 18.4 Å². The summed E-state index contributed by atoms with van der Waals surface area (Å²) in [5, 5.41) is 20.0. The molecule has 2 aliphatic heterocycles. The molecule has 0 N–H and O–H groups in total. The van der Waals surface area contributed by atoms with Gasteiger partial charge in [-0.2, -0.15) is 15.6 Å². The van der Waals surface area contributed by atoms with Gasteiger partial charge in [0.25, 0.3) is 0 Å². The summed E-state index contributed by atoms with van der Waals surface area (Å²) in [5.41, 5.74) is 1.04. The first-order valence-corrected chi connectivity index (χ1v) is 9.46. The molecule has 2 heterocycles. The molecule has 29 heavy (non-hydrogen) atoms. The summed E-state index contributed by atoms with van der Waals surface area (Å²) in [7, 11) is 1.62. The van der Waals surface area contributed by atoms with Crippen molar-refractivity contribution in [1.82, 2.24) is 5.06 Å². The van der Waals surface area contributed by atoms with Gasteiger partial charge in [0.05, 0.1) is 38.5 Å². The Labute approximate surface area is 169 Å². The first-order chi connectivity index (χ1) is 14.2. The second-order valence-corrected chi connectivity index (χ2v) is 6.80. The summed E-state index contributed by atoms with van der Waals surface area (Å²) in [6.45, 7) is 1.49. The maximum atomic E-state index is 12.1. The second-order valence-electron chi connectivity index (χ2n) is 6.80. The average Bonchev–Trinajstić information content (AvgIpc) is 3.30. The predicted molar refractivity (Wildman–Crippen MR) is 101 cm³/mol. The largest absolute Gasteiger partial charge is 0.497 e. The minimum Gasteiger partial charge on any atom is -0.497 e. The lowest BCUT2D eigenvalue weighted by atomic mass is 9.94. The Bertz CT molecular complexity index is 811. The standard InChI is InChI=1S/C21H23N3O5/c1-26-16-7-5-15(6-8-16)14-27-11-3-2-4-20(25)28-18-9-10-24-21(18)17(12-22)19(13-23)29-24/h2,4-8,17-19,21H,3,9-11,14H2,1H3/b4-2+/t17?,18-,19?,21?/m0/s1. The number of hydroxylamine groups is 2. The van der Waals surface area contributed by atoms with Gasteiger partial charge in [-0.3, -0.25) is 4.84 Å². The second kappa shape index (κ2) is 10.0. The van der Waals surface area contributed by atoms with Crippen LogP contribution in [-0.4, -0.2) is 49.5 Å². The maximum absolute atomic E-state index is 12.1. The van der Waals surface area contributed by atoms with E-state index in [1.165, 1.54) is 6.08 Å². The Balaban J connectivity index is 1.37. The van der Waals surface area contributed by atoms with Crippen LogP contribution in [0.15, 0.2) is 36.4 Å². The molecule has 1 aromatic carbocycles. The normalized spacial score (nSPS) is 26.0. The van der Waals surface area contributed by atoms with Crippen molar-refractivity contribution in [2.75, 3.05) is 20.3 Å². The number of nitriles is 2. The van der Waals surface area contributed by atoms with Crippen LogP contribution < -0.4 is 4.74 Å². The van der Waals surface area contributed by atoms with E-state index in [0.717, 1.165) is 11.3 Å². The zero-order valence-corrected chi connectivity index (χ0v) is 16.2. The lowest BCUT2D eigenvalue weighted by Crippen LogP contribution is -2.36. The molecule has 0 bridgehead atoms. The van der Waals surface area contributed by atoms with E-state index in [1.54, 1.807) is 18.2 Å². The van der Waals surface area contributed by atoms with E-state index in [1.807, 2.05) is 30.3 Å². The van der Waals surface area contributed by atoms with Crippen molar-refractivity contribution < 1.29 is 23.8 Å². The number of fused-ring (bicyclic) bond motifs is 1. The van der Waals surface area contributed by atoms with Crippen LogP contribution in [0.25, 0.3) is 0 Å². The highest BCUT2D eigenvalue weighted by Crippen LogP contribution is 2.36. The van der Waals surface area contributed by atoms with Crippen molar-refractivity contribution in [3.05, 3.63) is 42.0 Å². The highest BCUT2D eigenvalue weighted by atomic mass is 16.7. The van der Waals surface area contributed by atoms with Gasteiger partial charge in [0.15, 0.2) is 6.10 Å². The highest BCUT2D eigenvalue weighted by Gasteiger charge is 2.52. The number of rotatable bonds is 8. The minimum atomic E-state index is -0.815. The van der Waals surface area contributed by atoms with Crippen LogP contribution in [0.4, 0.5) is 0 Å². The molecule has 152 valence electrons. The monoisotopic (exact) mass is 397 g/mol. The summed E-state index contributed by atoms with van der Waals surface area (Å²) in [4.78, 5) is 17.5. The molecule has 4 atom stereocenters. The number of esters is 1. The third-order valence-electron chi connectivity index (χ3n) is 4.94. The van der Waals surface area contributed by atoms with Crippen molar-refractivity contribution in [3.63, 3.8) is 0 Å². The van der Waals surface area contributed by atoms with Gasteiger partial charge in [-0.1, -0.05) is 18.2 Å². The molecule has 8 heteroatoms. The van der Waals surface area contributed by atoms with E-state index < -0.39 is 30.1 Å². The third kappa shape index (κ3) is 5.12. The third-order valence-corrected chi connectivity index (χ3v) is 4.94. The summed E-state index contributed by atoms with van der Waals surface area (Å²) >= 11 is 0. The fraction of sp³-hybridized carbons (Fsp3) is 0.476. The molecule has 0 radical (unpaired) electrons. The van der Waals surface area contributed by atoms with Crippen molar-refractivity contribution in [1.29, 1.82) is 10.5 Å². The molecular weight excluding hydrogens is 374 g/mol. The zero-order valence-electron chi connectivity index (χ0n) is 16.2. The molecule has 2 aliphatic rings. The van der Waals surface area contributed by atoms with E-state index in [0.29, 0.717) is 32.6 Å². The number of ether oxygens (including phenoxy) is 3. The van der Waals surface area contributed by atoms with Crippen LogP contribution in [0.2, 0.25) is 0 Å². The molecule has 0 aliphatic carbocycles. The number of benzene rings is 1. The summed E-state index contributed by atoms with van der Waals surface area (Å²) in [6.07, 6.45) is 2.95. The molecule has 0 aromatic heterocycles. The fourth-order valence-corrected chi connectivity index (χ4v) is 3.49. The van der Waals surface area contributed by atoms with E-state index in [2.05, 4.69) is 6.07 Å². The van der Waals surface area contributed by atoms with Crippen LogP contribution in [0, 0.1) is 28.6 Å². The number of carbonyl (C=O) groups excluding carboxylic acids is 1. The van der Waals surface area contributed by atoms with Gasteiger partial charge in [0.2, 0.25) is 0 Å². The van der Waals surface area contributed by atoms with E-state index in [9.17, 15) is 10.1 Å². The van der Waals surface area contributed by atoms with Crippen LogP contribution >= 0.6 is 0 Å². The van der Waals surface area contributed by atoms with Gasteiger partial charge in [0, 0.05) is 19.0 Å². The lowest BCUT2D eigenvalue weighted by molar-refractivity contribution is -0.152. The number of hydrogen-bond donors (Lipinski definition) is 0. The van der Waals surface area contributed by atoms with E-state index in [-0.39, 0.29) is 0 Å². The number of hydrogen-bond acceptors (Lipinski definition) is 8. The Kier molecular flexibility index (Phi) is 7.20. The summed E-state index contributed by atoms with van der Waals surface area (Å²) < 4.78 is 16.2. The molecular formula is C21H23N3O5. The maximum Gasteiger partial charge on any atom is 0.330 e. The van der Waals surface area contributed by atoms with Crippen LogP contribution in [0.5, 0.6) is 5.75 Å². The Morgan fingerprint density at radius 2 is 2.10 bits per heavy atom. The first-order valence-electron chi connectivity index (χ1n) is 9.46. The SMILES string of the molecule is COc1ccc(COCC/C=C/C(=O)O[C@H]2CCN3OC(C#N)C(C#N)C23)cc1. The molecule has 3 unspecified atom stereocenters. The molecule has 1 aromatic rings. The average molecular weight is 397 g/mol. The van der Waals surface area contributed by atoms with Gasteiger partial charge in [-0.05, 0) is 24.1 Å². The van der Waals surface area contributed by atoms with E-state index >= 15 is 0 Å². The van der Waals surface area contributed by atoms with Crippen molar-refractivity contribution in [2.24, 2.45) is 5.92 Å². The lowest BCUT2D eigenvalue weighted by Gasteiger charge is -2.20. The number of carbonyl (C=O) groups is 1. The summed E-state index contributed by atoms with van der Waals surface area (Å²) in [6, 6.07) is 11.3. The van der Waals surface area contributed by atoms with E-state index in [4.69, 9.17) is 24.3 Å². The van der Waals surface area contributed by atoms with Gasteiger partial charge in [0.1, 0.15) is 17.8 Å². The molecule has 3 rings (SSSR count). The Hall–Kier alpha value is -2.91. The molecule has 8 nitrogen and oxygen atoms in total. The van der Waals surface area contributed by atoms with Gasteiger partial charge in [-0.15, -0.1) is 0 Å². The number of methoxy groups -OCH3 is 1. The Morgan fingerprint density at radius 1 is 1.31 bits per heavy atom. The Morgan fingerprint density at radius 3 is 2.79 bits per heavy atom. The predicted octanol–water partition coefficient (Wildman–Crippen LogP) is 2.12.